The van der Waals surface area contributed by atoms with Crippen molar-refractivity contribution in [2.75, 3.05) is 13.1 Å². The molecule has 1 amide bonds. The fourth-order valence-electron chi connectivity index (χ4n) is 5.00. The minimum atomic E-state index is 0.0676. The zero-order valence-corrected chi connectivity index (χ0v) is 21.1. The Morgan fingerprint density at radius 3 is 2.46 bits per heavy atom. The first-order chi connectivity index (χ1) is 16.9. The van der Waals surface area contributed by atoms with E-state index in [0.717, 1.165) is 49.3 Å². The lowest BCUT2D eigenvalue weighted by atomic mass is 9.95. The summed E-state index contributed by atoms with van der Waals surface area (Å²) in [7, 11) is 0. The van der Waals surface area contributed by atoms with Crippen molar-refractivity contribution < 1.29 is 4.79 Å². The van der Waals surface area contributed by atoms with Gasteiger partial charge in [-0.05, 0) is 61.9 Å². The second kappa shape index (κ2) is 9.64. The Balaban J connectivity index is 1.23. The second-order valence-corrected chi connectivity index (χ2v) is 10.2. The van der Waals surface area contributed by atoms with Crippen LogP contribution in [0, 0.1) is 0 Å². The molecule has 0 radical (unpaired) electrons. The van der Waals surface area contributed by atoms with Gasteiger partial charge >= 0.3 is 0 Å². The quantitative estimate of drug-likeness (QED) is 0.378. The normalized spacial score (nSPS) is 15.0. The number of fused-ring (bicyclic) bond motifs is 1. The van der Waals surface area contributed by atoms with Crippen molar-refractivity contribution in [3.05, 3.63) is 77.4 Å². The van der Waals surface area contributed by atoms with Gasteiger partial charge in [-0.3, -0.25) is 4.79 Å². The summed E-state index contributed by atoms with van der Waals surface area (Å²) in [5, 5.41) is 8.49. The molecule has 7 heteroatoms. The number of likely N-dealkylation sites (tertiary alicyclic amines) is 1. The largest absolute Gasteiger partial charge is 0.339 e. The van der Waals surface area contributed by atoms with Crippen molar-refractivity contribution in [2.45, 2.75) is 65.0 Å². The molecule has 0 spiro atoms. The number of nitrogens with zero attached hydrogens (tertiary/aromatic N) is 6. The lowest BCUT2D eigenvalue weighted by Crippen LogP contribution is -2.38. The van der Waals surface area contributed by atoms with E-state index in [0.29, 0.717) is 17.4 Å². The third-order valence-electron chi connectivity index (χ3n) is 7.10. The fourth-order valence-corrected chi connectivity index (χ4v) is 5.00. The maximum absolute atomic E-state index is 13.2. The molecule has 0 saturated carbocycles. The average molecular weight is 471 g/mol. The molecule has 1 aliphatic rings. The first-order valence-corrected chi connectivity index (χ1v) is 12.6. The molecule has 7 nitrogen and oxygen atoms in total. The highest BCUT2D eigenvalue weighted by Gasteiger charge is 2.27. The van der Waals surface area contributed by atoms with E-state index in [2.05, 4.69) is 73.0 Å². The summed E-state index contributed by atoms with van der Waals surface area (Å²) in [6.07, 6.45) is 5.80. The summed E-state index contributed by atoms with van der Waals surface area (Å²) in [6.45, 7) is 10.9. The van der Waals surface area contributed by atoms with Crippen molar-refractivity contribution in [2.24, 2.45) is 0 Å². The number of aromatic nitrogens is 5. The van der Waals surface area contributed by atoms with Crippen LogP contribution in [0.2, 0.25) is 0 Å². The Labute approximate surface area is 206 Å². The van der Waals surface area contributed by atoms with E-state index in [-0.39, 0.29) is 11.9 Å². The molecule has 0 bridgehead atoms. The second-order valence-electron chi connectivity index (χ2n) is 10.2. The zero-order valence-electron chi connectivity index (χ0n) is 21.1. The molecule has 0 N–H and O–H groups in total. The van der Waals surface area contributed by atoms with Crippen LogP contribution in [0.5, 0.6) is 0 Å². The van der Waals surface area contributed by atoms with Crippen LogP contribution in [0.4, 0.5) is 0 Å². The van der Waals surface area contributed by atoms with Crippen LogP contribution in [-0.4, -0.2) is 48.4 Å². The number of piperidine rings is 1. The predicted octanol–water partition coefficient (Wildman–Crippen LogP) is 5.40. The van der Waals surface area contributed by atoms with Gasteiger partial charge in [0.1, 0.15) is 11.3 Å². The Morgan fingerprint density at radius 1 is 1.03 bits per heavy atom. The van der Waals surface area contributed by atoms with Gasteiger partial charge in [-0.15, -0.1) is 5.10 Å². The minimum Gasteiger partial charge on any atom is -0.339 e. The van der Waals surface area contributed by atoms with Crippen LogP contribution >= 0.6 is 0 Å². The highest BCUT2D eigenvalue weighted by atomic mass is 16.2. The number of benzene rings is 2. The number of imidazole rings is 1. The molecular formula is C28H34N6O. The Kier molecular flexibility index (Phi) is 6.41. The molecular weight excluding hydrogens is 436 g/mol. The molecule has 1 fully saturated rings. The van der Waals surface area contributed by atoms with Crippen LogP contribution < -0.4 is 0 Å². The number of carbonyl (C=O) groups excluding carboxylic acids is 1. The Hall–Kier alpha value is -3.48. The Morgan fingerprint density at radius 2 is 1.77 bits per heavy atom. The van der Waals surface area contributed by atoms with Gasteiger partial charge in [0, 0.05) is 49.6 Å². The molecule has 5 rings (SSSR count). The lowest BCUT2D eigenvalue weighted by Gasteiger charge is -2.32. The Bertz CT molecular complexity index is 1310. The number of hydrogen-bond donors (Lipinski definition) is 0. The van der Waals surface area contributed by atoms with Crippen LogP contribution in [-0.2, 0) is 6.54 Å². The number of carbonyl (C=O) groups is 1. The first kappa shape index (κ1) is 23.3. The van der Waals surface area contributed by atoms with Crippen molar-refractivity contribution in [3.8, 4) is 0 Å². The molecule has 2 aromatic heterocycles. The van der Waals surface area contributed by atoms with Gasteiger partial charge < -0.3 is 9.47 Å². The van der Waals surface area contributed by atoms with E-state index in [1.54, 1.807) is 0 Å². The van der Waals surface area contributed by atoms with E-state index in [1.807, 2.05) is 34.0 Å². The van der Waals surface area contributed by atoms with Gasteiger partial charge in [-0.1, -0.05) is 43.3 Å². The molecule has 35 heavy (non-hydrogen) atoms. The minimum absolute atomic E-state index is 0.0676. The summed E-state index contributed by atoms with van der Waals surface area (Å²) < 4.78 is 4.15. The van der Waals surface area contributed by atoms with Crippen LogP contribution in [0.3, 0.4) is 0 Å². The fraction of sp³-hybridized carbons (Fsp3) is 0.429. The molecule has 3 heterocycles. The topological polar surface area (TPSA) is 68.8 Å². The van der Waals surface area contributed by atoms with E-state index in [9.17, 15) is 4.79 Å². The molecule has 182 valence electrons. The van der Waals surface area contributed by atoms with Gasteiger partial charge in [0.05, 0.1) is 5.52 Å². The highest BCUT2D eigenvalue weighted by molar-refractivity contribution is 5.97. The standard InChI is InChI=1S/C28H34N6O/c1-19(2)22-7-5-21(6-8-22)18-33-16-13-29-27(33)23-11-14-32(15-12-23)28(35)24-9-10-26-25(17-24)30-31-34(26)20(3)4/h5-10,13,16-17,19-20,23H,11-12,14-15,18H2,1-4H3. The van der Waals surface area contributed by atoms with Gasteiger partial charge in [0.2, 0.25) is 0 Å². The third-order valence-corrected chi connectivity index (χ3v) is 7.10. The van der Waals surface area contributed by atoms with E-state index in [1.165, 1.54) is 11.1 Å². The number of amides is 1. The maximum atomic E-state index is 13.2. The van der Waals surface area contributed by atoms with Crippen LogP contribution in [0.25, 0.3) is 11.0 Å². The monoisotopic (exact) mass is 470 g/mol. The first-order valence-electron chi connectivity index (χ1n) is 12.6. The van der Waals surface area contributed by atoms with Crippen molar-refractivity contribution in [1.29, 1.82) is 0 Å². The molecule has 1 saturated heterocycles. The molecule has 0 unspecified atom stereocenters. The number of hydrogen-bond acceptors (Lipinski definition) is 4. The maximum Gasteiger partial charge on any atom is 0.253 e. The predicted molar refractivity (Wildman–Crippen MR) is 138 cm³/mol. The third kappa shape index (κ3) is 4.72. The van der Waals surface area contributed by atoms with Crippen LogP contribution in [0.15, 0.2) is 54.9 Å². The molecule has 2 aromatic carbocycles. The molecule has 4 aromatic rings. The lowest BCUT2D eigenvalue weighted by molar-refractivity contribution is 0.0710. The average Bonchev–Trinajstić information content (AvgIpc) is 3.50. The summed E-state index contributed by atoms with van der Waals surface area (Å²) >= 11 is 0. The van der Waals surface area contributed by atoms with Crippen molar-refractivity contribution in [1.82, 2.24) is 29.4 Å². The van der Waals surface area contributed by atoms with E-state index < -0.39 is 0 Å². The van der Waals surface area contributed by atoms with Crippen molar-refractivity contribution >= 4 is 16.9 Å². The summed E-state index contributed by atoms with van der Waals surface area (Å²) in [6, 6.07) is 14.8. The number of rotatable bonds is 6. The SMILES string of the molecule is CC(C)c1ccc(Cn2ccnc2C2CCN(C(=O)c3ccc4c(c3)nnn4C(C)C)CC2)cc1. The van der Waals surface area contributed by atoms with Crippen molar-refractivity contribution in [3.63, 3.8) is 0 Å². The highest BCUT2D eigenvalue weighted by Crippen LogP contribution is 2.29. The summed E-state index contributed by atoms with van der Waals surface area (Å²) in [5.74, 6) is 2.09. The molecule has 0 aliphatic carbocycles. The molecule has 1 aliphatic heterocycles. The van der Waals surface area contributed by atoms with Crippen LogP contribution in [0.1, 0.15) is 85.7 Å². The smallest absolute Gasteiger partial charge is 0.253 e. The summed E-state index contributed by atoms with van der Waals surface area (Å²) in [4.78, 5) is 19.9. The van der Waals surface area contributed by atoms with E-state index in [4.69, 9.17) is 4.98 Å². The van der Waals surface area contributed by atoms with Gasteiger partial charge in [-0.2, -0.15) is 0 Å². The summed E-state index contributed by atoms with van der Waals surface area (Å²) in [5.41, 5.74) is 5.05. The van der Waals surface area contributed by atoms with Gasteiger partial charge in [0.25, 0.3) is 5.91 Å². The van der Waals surface area contributed by atoms with E-state index >= 15 is 0 Å². The van der Waals surface area contributed by atoms with Gasteiger partial charge in [0.15, 0.2) is 0 Å². The zero-order chi connectivity index (χ0) is 24.5. The van der Waals surface area contributed by atoms with Gasteiger partial charge in [-0.25, -0.2) is 9.67 Å². The molecule has 0 atom stereocenters.